The van der Waals surface area contributed by atoms with Crippen molar-refractivity contribution in [1.29, 1.82) is 0 Å². The van der Waals surface area contributed by atoms with Gasteiger partial charge in [-0.05, 0) is 43.9 Å². The second-order valence-electron chi connectivity index (χ2n) is 6.79. The summed E-state index contributed by atoms with van der Waals surface area (Å²) in [4.78, 5) is 2.23. The van der Waals surface area contributed by atoms with Gasteiger partial charge in [-0.25, -0.2) is 0 Å². The summed E-state index contributed by atoms with van der Waals surface area (Å²) in [6.07, 6.45) is 1.85. The highest BCUT2D eigenvalue weighted by Gasteiger charge is 2.30. The van der Waals surface area contributed by atoms with Crippen LogP contribution in [0.5, 0.6) is 0 Å². The number of halogens is 1. The van der Waals surface area contributed by atoms with Crippen LogP contribution < -0.4 is 10.2 Å². The molecule has 0 spiro atoms. The number of rotatable bonds is 5. The Morgan fingerprint density at radius 2 is 2.19 bits per heavy atom. The van der Waals surface area contributed by atoms with Crippen LogP contribution in [0.15, 0.2) is 18.2 Å². The molecule has 4 heteroatoms. The number of nitrogens with zero attached hydrogens (tertiary/aromatic N) is 1. The second kappa shape index (κ2) is 6.99. The Bertz CT molecular complexity index is 474. The fourth-order valence-electron chi connectivity index (χ4n) is 2.96. The molecule has 1 atom stereocenters. The normalized spacial score (nSPS) is 22.9. The monoisotopic (exact) mass is 310 g/mol. The van der Waals surface area contributed by atoms with E-state index in [1.54, 1.807) is 0 Å². The number of benzene rings is 1. The first kappa shape index (κ1) is 16.6. The fraction of sp³-hybridized carbons (Fsp3) is 0.647. The van der Waals surface area contributed by atoms with Crippen molar-refractivity contribution in [3.05, 3.63) is 28.8 Å². The third-order valence-electron chi connectivity index (χ3n) is 3.93. The van der Waals surface area contributed by atoms with Crippen LogP contribution in [0.25, 0.3) is 0 Å². The number of para-hydroxylation sites is 1. The van der Waals surface area contributed by atoms with E-state index in [1.807, 2.05) is 19.1 Å². The molecular formula is C17H27ClN2O. The van der Waals surface area contributed by atoms with Crippen molar-refractivity contribution in [1.82, 2.24) is 5.32 Å². The number of nitrogens with one attached hydrogen (secondary N) is 1. The highest BCUT2D eigenvalue weighted by Crippen LogP contribution is 2.34. The van der Waals surface area contributed by atoms with E-state index in [0.29, 0.717) is 12.5 Å². The van der Waals surface area contributed by atoms with Gasteiger partial charge in [-0.1, -0.05) is 37.6 Å². The van der Waals surface area contributed by atoms with Gasteiger partial charge in [-0.15, -0.1) is 0 Å². The van der Waals surface area contributed by atoms with Gasteiger partial charge in [0, 0.05) is 19.6 Å². The first-order valence-corrected chi connectivity index (χ1v) is 8.22. The lowest BCUT2D eigenvalue weighted by Crippen LogP contribution is -2.46. The zero-order valence-corrected chi connectivity index (χ0v) is 14.1. The van der Waals surface area contributed by atoms with Gasteiger partial charge < -0.3 is 15.3 Å². The molecular weight excluding hydrogens is 284 g/mol. The maximum atomic E-state index is 10.3. The average molecular weight is 311 g/mol. The molecule has 1 saturated heterocycles. The molecule has 1 unspecified atom stereocenters. The molecule has 0 amide bonds. The van der Waals surface area contributed by atoms with Gasteiger partial charge in [0.25, 0.3) is 0 Å². The molecule has 1 aromatic rings. The van der Waals surface area contributed by atoms with Crippen LogP contribution in [0.2, 0.25) is 5.02 Å². The summed E-state index contributed by atoms with van der Waals surface area (Å²) in [6, 6.07) is 6.06. The van der Waals surface area contributed by atoms with Crippen LogP contribution in [0, 0.1) is 5.92 Å². The second-order valence-corrected chi connectivity index (χ2v) is 7.20. The Morgan fingerprint density at radius 1 is 1.43 bits per heavy atom. The first-order chi connectivity index (χ1) is 9.89. The van der Waals surface area contributed by atoms with Gasteiger partial charge in [0.2, 0.25) is 0 Å². The predicted molar refractivity (Wildman–Crippen MR) is 90.1 cm³/mol. The number of anilines is 1. The van der Waals surface area contributed by atoms with E-state index in [1.165, 1.54) is 5.56 Å². The van der Waals surface area contributed by atoms with Gasteiger partial charge in [0.15, 0.2) is 0 Å². The van der Waals surface area contributed by atoms with Crippen molar-refractivity contribution in [2.45, 2.75) is 45.8 Å². The van der Waals surface area contributed by atoms with E-state index in [-0.39, 0.29) is 0 Å². The molecule has 1 aliphatic rings. The summed E-state index contributed by atoms with van der Waals surface area (Å²) in [7, 11) is 0. The van der Waals surface area contributed by atoms with Crippen molar-refractivity contribution in [2.75, 3.05) is 24.5 Å². The van der Waals surface area contributed by atoms with Gasteiger partial charge >= 0.3 is 0 Å². The smallest absolute Gasteiger partial charge is 0.0794 e. The van der Waals surface area contributed by atoms with E-state index >= 15 is 0 Å². The number of β-amino-alcohol motifs (C(OH)–C–C–N with tert-alkyl or cyclic N) is 1. The van der Waals surface area contributed by atoms with E-state index in [9.17, 15) is 5.11 Å². The third kappa shape index (κ3) is 4.60. The quantitative estimate of drug-likeness (QED) is 0.874. The zero-order valence-electron chi connectivity index (χ0n) is 13.3. The molecule has 1 fully saturated rings. The minimum atomic E-state index is -0.625. The Morgan fingerprint density at radius 3 is 2.86 bits per heavy atom. The highest BCUT2D eigenvalue weighted by atomic mass is 35.5. The van der Waals surface area contributed by atoms with Gasteiger partial charge in [-0.3, -0.25) is 0 Å². The number of hydrogen-bond acceptors (Lipinski definition) is 3. The number of aliphatic hydroxyl groups is 1. The van der Waals surface area contributed by atoms with E-state index in [2.05, 4.69) is 30.1 Å². The van der Waals surface area contributed by atoms with Crippen LogP contribution in [-0.4, -0.2) is 30.3 Å². The molecule has 21 heavy (non-hydrogen) atoms. The summed E-state index contributed by atoms with van der Waals surface area (Å²) in [5.74, 6) is 0.628. The summed E-state index contributed by atoms with van der Waals surface area (Å²) in [6.45, 7) is 9.72. The lowest BCUT2D eigenvalue weighted by Gasteiger charge is -2.39. The Balaban J connectivity index is 2.17. The molecule has 0 aromatic heterocycles. The van der Waals surface area contributed by atoms with Crippen LogP contribution in [0.1, 0.15) is 39.2 Å². The standard InChI is InChI=1S/C17H27ClN2O/c1-13(2)10-19-11-14-6-4-7-15(18)16(14)20-9-5-8-17(3,21)12-20/h4,6-7,13,19,21H,5,8-12H2,1-3H3. The van der Waals surface area contributed by atoms with E-state index < -0.39 is 5.60 Å². The first-order valence-electron chi connectivity index (χ1n) is 7.84. The summed E-state index contributed by atoms with van der Waals surface area (Å²) >= 11 is 6.45. The van der Waals surface area contributed by atoms with E-state index in [4.69, 9.17) is 11.6 Å². The Hall–Kier alpha value is -0.770. The molecule has 3 nitrogen and oxygen atoms in total. The predicted octanol–water partition coefficient (Wildman–Crippen LogP) is 3.44. The number of hydrogen-bond donors (Lipinski definition) is 2. The maximum Gasteiger partial charge on any atom is 0.0794 e. The third-order valence-corrected chi connectivity index (χ3v) is 4.23. The Kier molecular flexibility index (Phi) is 5.53. The minimum absolute atomic E-state index is 0.625. The van der Waals surface area contributed by atoms with Gasteiger partial charge in [-0.2, -0.15) is 0 Å². The van der Waals surface area contributed by atoms with Crippen molar-refractivity contribution < 1.29 is 5.11 Å². The average Bonchev–Trinajstić information content (AvgIpc) is 2.37. The highest BCUT2D eigenvalue weighted by molar-refractivity contribution is 6.33. The van der Waals surface area contributed by atoms with Crippen molar-refractivity contribution >= 4 is 17.3 Å². The van der Waals surface area contributed by atoms with Gasteiger partial charge in [0.1, 0.15) is 0 Å². The molecule has 0 saturated carbocycles. The molecule has 1 heterocycles. The van der Waals surface area contributed by atoms with Crippen molar-refractivity contribution in [3.8, 4) is 0 Å². The lowest BCUT2D eigenvalue weighted by molar-refractivity contribution is 0.0449. The molecule has 1 aliphatic heterocycles. The molecule has 0 bridgehead atoms. The van der Waals surface area contributed by atoms with Crippen LogP contribution >= 0.6 is 11.6 Å². The topological polar surface area (TPSA) is 35.5 Å². The summed E-state index contributed by atoms with van der Waals surface area (Å²) in [5.41, 5.74) is 1.66. The zero-order chi connectivity index (χ0) is 15.5. The fourth-order valence-corrected chi connectivity index (χ4v) is 3.28. The van der Waals surface area contributed by atoms with Crippen LogP contribution in [-0.2, 0) is 6.54 Å². The summed E-state index contributed by atoms with van der Waals surface area (Å²) in [5, 5.41) is 14.6. The SMILES string of the molecule is CC(C)CNCc1cccc(Cl)c1N1CCCC(C)(O)C1. The summed E-state index contributed by atoms with van der Waals surface area (Å²) < 4.78 is 0. The maximum absolute atomic E-state index is 10.3. The molecule has 2 rings (SSSR count). The molecule has 118 valence electrons. The molecule has 0 aliphatic carbocycles. The molecule has 1 aromatic carbocycles. The van der Waals surface area contributed by atoms with Crippen molar-refractivity contribution in [2.24, 2.45) is 5.92 Å². The lowest BCUT2D eigenvalue weighted by atomic mass is 9.94. The van der Waals surface area contributed by atoms with Crippen molar-refractivity contribution in [3.63, 3.8) is 0 Å². The number of piperidine rings is 1. The van der Waals surface area contributed by atoms with Gasteiger partial charge in [0.05, 0.1) is 16.3 Å². The van der Waals surface area contributed by atoms with E-state index in [0.717, 1.165) is 43.2 Å². The molecule has 0 radical (unpaired) electrons. The molecule has 2 N–H and O–H groups in total. The largest absolute Gasteiger partial charge is 0.388 e. The Labute approximate surface area is 133 Å². The van der Waals surface area contributed by atoms with Crippen LogP contribution in [0.4, 0.5) is 5.69 Å². The van der Waals surface area contributed by atoms with Crippen LogP contribution in [0.3, 0.4) is 0 Å². The minimum Gasteiger partial charge on any atom is -0.388 e.